The Morgan fingerprint density at radius 1 is 0.727 bits per heavy atom. The van der Waals surface area contributed by atoms with Crippen molar-refractivity contribution in [1.29, 1.82) is 0 Å². The summed E-state index contributed by atoms with van der Waals surface area (Å²) < 4.78 is 5.21. The molecule has 170 valence electrons. The van der Waals surface area contributed by atoms with Crippen molar-refractivity contribution in [1.82, 2.24) is 0 Å². The quantitative estimate of drug-likeness (QED) is 0.455. The predicted octanol–water partition coefficient (Wildman–Crippen LogP) is 6.02. The minimum absolute atomic E-state index is 0.00103. The van der Waals surface area contributed by atoms with E-state index in [1.807, 2.05) is 31.2 Å². The van der Waals surface area contributed by atoms with Crippen LogP contribution in [0, 0.1) is 6.92 Å². The molecule has 3 aromatic rings. The number of amides is 2. The van der Waals surface area contributed by atoms with Gasteiger partial charge >= 0.3 is 6.09 Å². The normalized spacial score (nSPS) is 10.9. The third-order valence-corrected chi connectivity index (χ3v) is 4.74. The van der Waals surface area contributed by atoms with Crippen molar-refractivity contribution < 1.29 is 19.1 Å². The number of anilines is 2. The largest absolute Gasteiger partial charge is 0.444 e. The first-order valence-corrected chi connectivity index (χ1v) is 10.7. The fourth-order valence-electron chi connectivity index (χ4n) is 3.06. The van der Waals surface area contributed by atoms with Gasteiger partial charge in [0, 0.05) is 28.9 Å². The highest BCUT2D eigenvalue weighted by Gasteiger charge is 2.16. The Kier molecular flexibility index (Phi) is 7.28. The highest BCUT2D eigenvalue weighted by atomic mass is 16.6. The van der Waals surface area contributed by atoms with Crippen molar-refractivity contribution in [2.24, 2.45) is 0 Å². The lowest BCUT2D eigenvalue weighted by molar-refractivity contribution is 0.0635. The molecule has 0 saturated heterocycles. The first kappa shape index (κ1) is 23.7. The van der Waals surface area contributed by atoms with Crippen molar-refractivity contribution in [3.63, 3.8) is 0 Å². The summed E-state index contributed by atoms with van der Waals surface area (Å²) in [7, 11) is 0. The zero-order valence-electron chi connectivity index (χ0n) is 19.3. The smallest absolute Gasteiger partial charge is 0.412 e. The van der Waals surface area contributed by atoms with E-state index >= 15 is 0 Å². The van der Waals surface area contributed by atoms with Crippen LogP contribution in [0.2, 0.25) is 0 Å². The van der Waals surface area contributed by atoms with Crippen LogP contribution in [0.5, 0.6) is 0 Å². The van der Waals surface area contributed by atoms with Crippen LogP contribution < -0.4 is 10.6 Å². The number of hydrogen-bond donors (Lipinski definition) is 2. The maximum Gasteiger partial charge on any atom is 0.412 e. The molecular weight excluding hydrogens is 416 g/mol. The lowest BCUT2D eigenvalue weighted by Gasteiger charge is -2.19. The number of carbonyl (C=O) groups is 3. The van der Waals surface area contributed by atoms with Crippen molar-refractivity contribution in [3.8, 4) is 0 Å². The van der Waals surface area contributed by atoms with Crippen molar-refractivity contribution >= 4 is 29.2 Å². The summed E-state index contributed by atoms with van der Waals surface area (Å²) in [6.07, 6.45) is -0.230. The lowest BCUT2D eigenvalue weighted by Crippen LogP contribution is -2.27. The molecule has 0 aromatic heterocycles. The molecule has 3 rings (SSSR count). The van der Waals surface area contributed by atoms with Crippen LogP contribution in [-0.4, -0.2) is 23.4 Å². The topological polar surface area (TPSA) is 84.5 Å². The van der Waals surface area contributed by atoms with Gasteiger partial charge < -0.3 is 10.1 Å². The second-order valence-electron chi connectivity index (χ2n) is 8.82. The number of rotatable bonds is 6. The van der Waals surface area contributed by atoms with Crippen LogP contribution in [-0.2, 0) is 11.2 Å². The molecule has 3 aromatic carbocycles. The van der Waals surface area contributed by atoms with Crippen molar-refractivity contribution in [2.75, 3.05) is 10.6 Å². The highest BCUT2D eigenvalue weighted by molar-refractivity contribution is 6.05. The summed E-state index contributed by atoms with van der Waals surface area (Å²) in [6.45, 7) is 7.37. The molecule has 6 nitrogen and oxygen atoms in total. The van der Waals surface area contributed by atoms with Gasteiger partial charge in [0.1, 0.15) is 5.60 Å². The average molecular weight is 445 g/mol. The van der Waals surface area contributed by atoms with Crippen LogP contribution in [0.3, 0.4) is 0 Å². The van der Waals surface area contributed by atoms with Gasteiger partial charge in [0.25, 0.3) is 5.91 Å². The van der Waals surface area contributed by atoms with Gasteiger partial charge in [0.05, 0.1) is 0 Å². The van der Waals surface area contributed by atoms with E-state index in [0.717, 1.165) is 11.1 Å². The van der Waals surface area contributed by atoms with E-state index in [4.69, 9.17) is 4.74 Å². The number of ether oxygens (including phenoxy) is 1. The van der Waals surface area contributed by atoms with Crippen LogP contribution in [0.4, 0.5) is 16.2 Å². The molecule has 0 atom stereocenters. The van der Waals surface area contributed by atoms with Crippen LogP contribution in [0.15, 0.2) is 72.8 Å². The summed E-state index contributed by atoms with van der Waals surface area (Å²) in [5.41, 5.74) is 3.65. The summed E-state index contributed by atoms with van der Waals surface area (Å²) >= 11 is 0. The zero-order chi connectivity index (χ0) is 24.0. The third-order valence-electron chi connectivity index (χ3n) is 4.74. The molecule has 0 aliphatic carbocycles. The fraction of sp³-hybridized carbons (Fsp3) is 0.222. The second kappa shape index (κ2) is 10.1. The maximum atomic E-state index is 12.6. The summed E-state index contributed by atoms with van der Waals surface area (Å²) in [5, 5.41) is 5.44. The molecule has 0 unspecified atom stereocenters. The Morgan fingerprint density at radius 2 is 1.24 bits per heavy atom. The highest BCUT2D eigenvalue weighted by Crippen LogP contribution is 2.17. The van der Waals surface area contributed by atoms with E-state index in [1.165, 1.54) is 0 Å². The monoisotopic (exact) mass is 444 g/mol. The molecule has 0 bridgehead atoms. The number of benzene rings is 3. The van der Waals surface area contributed by atoms with E-state index in [-0.39, 0.29) is 11.7 Å². The van der Waals surface area contributed by atoms with Gasteiger partial charge in [-0.05, 0) is 69.7 Å². The molecule has 33 heavy (non-hydrogen) atoms. The van der Waals surface area contributed by atoms with E-state index < -0.39 is 11.7 Å². The standard InChI is InChI=1S/C27H28N2O4/c1-18-5-7-19(8-6-18)17-24(30)20-9-11-21(12-10-20)25(31)28-22-13-15-23(16-14-22)29-26(32)33-27(2,3)4/h5-16H,17H2,1-4H3,(H,28,31)(H,29,32). The molecule has 2 amide bonds. The van der Waals surface area contributed by atoms with E-state index in [0.29, 0.717) is 28.9 Å². The van der Waals surface area contributed by atoms with Crippen molar-refractivity contribution in [3.05, 3.63) is 95.1 Å². The summed E-state index contributed by atoms with van der Waals surface area (Å²) in [6, 6.07) is 21.2. The molecule has 0 aliphatic heterocycles. The minimum atomic E-state index is -0.584. The number of ketones is 1. The van der Waals surface area contributed by atoms with Gasteiger partial charge in [-0.25, -0.2) is 4.79 Å². The Hall–Kier alpha value is -3.93. The molecule has 0 fully saturated rings. The Morgan fingerprint density at radius 3 is 1.79 bits per heavy atom. The summed E-state index contributed by atoms with van der Waals surface area (Å²) in [5.74, 6) is -0.292. The molecule has 0 aliphatic rings. The van der Waals surface area contributed by atoms with Gasteiger partial charge in [0.15, 0.2) is 5.78 Å². The molecular formula is C27H28N2O4. The average Bonchev–Trinajstić information content (AvgIpc) is 2.75. The summed E-state index contributed by atoms with van der Waals surface area (Å²) in [4.78, 5) is 36.9. The minimum Gasteiger partial charge on any atom is -0.444 e. The number of hydrogen-bond acceptors (Lipinski definition) is 4. The number of Topliss-reactive ketones (excluding diaryl/α,β-unsaturated/α-hetero) is 1. The van der Waals surface area contributed by atoms with Crippen LogP contribution in [0.25, 0.3) is 0 Å². The van der Waals surface area contributed by atoms with Gasteiger partial charge in [-0.3, -0.25) is 14.9 Å². The van der Waals surface area contributed by atoms with Gasteiger partial charge in [0.2, 0.25) is 0 Å². The Bertz CT molecular complexity index is 1130. The zero-order valence-corrected chi connectivity index (χ0v) is 19.3. The molecule has 0 heterocycles. The first-order chi connectivity index (χ1) is 15.6. The van der Waals surface area contributed by atoms with Crippen LogP contribution >= 0.6 is 0 Å². The second-order valence-corrected chi connectivity index (χ2v) is 8.82. The van der Waals surface area contributed by atoms with E-state index in [2.05, 4.69) is 10.6 Å². The van der Waals surface area contributed by atoms with Gasteiger partial charge in [-0.2, -0.15) is 0 Å². The molecule has 2 N–H and O–H groups in total. The van der Waals surface area contributed by atoms with Gasteiger partial charge in [-0.1, -0.05) is 42.0 Å². The maximum absolute atomic E-state index is 12.6. The fourth-order valence-corrected chi connectivity index (χ4v) is 3.06. The molecule has 0 saturated carbocycles. The van der Waals surface area contributed by atoms with E-state index in [1.54, 1.807) is 69.3 Å². The van der Waals surface area contributed by atoms with Crippen LogP contribution in [0.1, 0.15) is 52.6 Å². The van der Waals surface area contributed by atoms with E-state index in [9.17, 15) is 14.4 Å². The number of carbonyl (C=O) groups excluding carboxylic acids is 3. The van der Waals surface area contributed by atoms with Crippen molar-refractivity contribution in [2.45, 2.75) is 39.7 Å². The van der Waals surface area contributed by atoms with Gasteiger partial charge in [-0.15, -0.1) is 0 Å². The number of aryl methyl sites for hydroxylation is 1. The first-order valence-electron chi connectivity index (χ1n) is 10.7. The molecule has 0 spiro atoms. The third kappa shape index (κ3) is 7.31. The predicted molar refractivity (Wildman–Crippen MR) is 130 cm³/mol. The SMILES string of the molecule is Cc1ccc(CC(=O)c2ccc(C(=O)Nc3ccc(NC(=O)OC(C)(C)C)cc3)cc2)cc1. The number of nitrogens with one attached hydrogen (secondary N) is 2. The Balaban J connectivity index is 1.56. The lowest BCUT2D eigenvalue weighted by atomic mass is 10.0. The molecule has 0 radical (unpaired) electrons. The Labute approximate surface area is 194 Å². The molecule has 6 heteroatoms.